The molecule has 7 nitrogen and oxygen atoms in total. The third-order valence-electron chi connectivity index (χ3n) is 5.54. The van der Waals surface area contributed by atoms with Crippen molar-refractivity contribution in [2.75, 3.05) is 18.4 Å². The number of nitrogens with one attached hydrogen (secondary N) is 1. The first-order valence-electron chi connectivity index (χ1n) is 10.3. The number of piperidine rings is 1. The highest BCUT2D eigenvalue weighted by Crippen LogP contribution is 2.24. The maximum Gasteiger partial charge on any atom is 0.259 e. The van der Waals surface area contributed by atoms with Gasteiger partial charge in [0.15, 0.2) is 0 Å². The van der Waals surface area contributed by atoms with Crippen molar-refractivity contribution in [3.63, 3.8) is 0 Å². The van der Waals surface area contributed by atoms with E-state index in [1.165, 1.54) is 24.3 Å². The van der Waals surface area contributed by atoms with E-state index in [-0.39, 0.29) is 17.6 Å². The van der Waals surface area contributed by atoms with Crippen molar-refractivity contribution in [3.05, 3.63) is 77.6 Å². The van der Waals surface area contributed by atoms with Gasteiger partial charge in [0.2, 0.25) is 0 Å². The van der Waals surface area contributed by atoms with E-state index in [0.29, 0.717) is 42.2 Å². The molecule has 1 saturated heterocycles. The second kappa shape index (κ2) is 9.07. The molecule has 0 spiro atoms. The molecule has 1 aliphatic rings. The zero-order valence-corrected chi connectivity index (χ0v) is 17.3. The van der Waals surface area contributed by atoms with Crippen LogP contribution in [0.1, 0.15) is 39.3 Å². The topological polar surface area (TPSA) is 80.1 Å². The Labute approximate surface area is 179 Å². The van der Waals surface area contributed by atoms with Gasteiger partial charge < -0.3 is 10.2 Å². The van der Waals surface area contributed by atoms with E-state index in [2.05, 4.69) is 15.4 Å². The van der Waals surface area contributed by atoms with Gasteiger partial charge in [0.05, 0.1) is 16.8 Å². The Morgan fingerprint density at radius 3 is 2.58 bits per heavy atom. The first kappa shape index (κ1) is 20.7. The van der Waals surface area contributed by atoms with Crippen molar-refractivity contribution in [1.29, 1.82) is 0 Å². The summed E-state index contributed by atoms with van der Waals surface area (Å²) in [5, 5.41) is 7.29. The molecule has 3 aromatic rings. The van der Waals surface area contributed by atoms with Crippen LogP contribution in [-0.2, 0) is 13.5 Å². The lowest BCUT2D eigenvalue weighted by atomic mass is 9.91. The second-order valence-corrected chi connectivity index (χ2v) is 7.81. The number of carbonyl (C=O) groups excluding carboxylic acids is 2. The maximum absolute atomic E-state index is 13.1. The standard InChI is InChI=1S/C23H24FN5O2/c1-28-15-20(22(30)26-19-6-4-18(24)5-7-19)21(27-28)13-16-8-11-29(12-9-16)23(31)17-3-2-10-25-14-17/h2-7,10,14-16H,8-9,11-13H2,1H3,(H,26,30). The molecular weight excluding hydrogens is 397 g/mol. The Morgan fingerprint density at radius 2 is 1.90 bits per heavy atom. The molecule has 0 radical (unpaired) electrons. The van der Waals surface area contributed by atoms with Crippen LogP contribution in [0.25, 0.3) is 0 Å². The molecule has 160 valence electrons. The zero-order valence-electron chi connectivity index (χ0n) is 17.3. The van der Waals surface area contributed by atoms with Gasteiger partial charge in [-0.05, 0) is 61.6 Å². The number of anilines is 1. The van der Waals surface area contributed by atoms with Crippen molar-refractivity contribution in [1.82, 2.24) is 19.7 Å². The summed E-state index contributed by atoms with van der Waals surface area (Å²) in [6, 6.07) is 9.21. The van der Waals surface area contributed by atoms with Crippen LogP contribution >= 0.6 is 0 Å². The van der Waals surface area contributed by atoms with Gasteiger partial charge in [-0.1, -0.05) is 0 Å². The Bertz CT molecular complexity index is 1060. The molecule has 0 unspecified atom stereocenters. The van der Waals surface area contributed by atoms with Crippen LogP contribution in [0, 0.1) is 11.7 Å². The molecule has 1 aliphatic heterocycles. The monoisotopic (exact) mass is 421 g/mol. The van der Waals surface area contributed by atoms with Crippen molar-refractivity contribution in [2.45, 2.75) is 19.3 Å². The summed E-state index contributed by atoms with van der Waals surface area (Å²) in [5.41, 5.74) is 2.38. The number of halogens is 1. The van der Waals surface area contributed by atoms with Crippen LogP contribution in [0.15, 0.2) is 55.0 Å². The van der Waals surface area contributed by atoms with Crippen LogP contribution in [0.3, 0.4) is 0 Å². The normalized spacial score (nSPS) is 14.5. The Morgan fingerprint density at radius 1 is 1.16 bits per heavy atom. The van der Waals surface area contributed by atoms with Gasteiger partial charge in [0, 0.05) is 44.4 Å². The Balaban J connectivity index is 1.37. The van der Waals surface area contributed by atoms with Gasteiger partial charge in [-0.3, -0.25) is 19.3 Å². The average Bonchev–Trinajstić information content (AvgIpc) is 3.16. The van der Waals surface area contributed by atoms with E-state index in [1.807, 2.05) is 4.90 Å². The second-order valence-electron chi connectivity index (χ2n) is 7.81. The Kier molecular flexibility index (Phi) is 6.06. The SMILES string of the molecule is Cn1cc(C(=O)Nc2ccc(F)cc2)c(CC2CCN(C(=O)c3cccnc3)CC2)n1. The summed E-state index contributed by atoms with van der Waals surface area (Å²) in [5.74, 6) is -0.277. The number of carbonyl (C=O) groups is 2. The van der Waals surface area contributed by atoms with Crippen LogP contribution in [0.5, 0.6) is 0 Å². The minimum Gasteiger partial charge on any atom is -0.339 e. The lowest BCUT2D eigenvalue weighted by Gasteiger charge is -2.31. The fourth-order valence-corrected chi connectivity index (χ4v) is 3.89. The van der Waals surface area contributed by atoms with Crippen molar-refractivity contribution in [3.8, 4) is 0 Å². The first-order valence-corrected chi connectivity index (χ1v) is 10.3. The van der Waals surface area contributed by atoms with Gasteiger partial charge in [0.1, 0.15) is 5.82 Å². The summed E-state index contributed by atoms with van der Waals surface area (Å²) in [4.78, 5) is 31.2. The van der Waals surface area contributed by atoms with E-state index < -0.39 is 0 Å². The van der Waals surface area contributed by atoms with Gasteiger partial charge >= 0.3 is 0 Å². The van der Waals surface area contributed by atoms with E-state index in [9.17, 15) is 14.0 Å². The summed E-state index contributed by atoms with van der Waals surface area (Å²) < 4.78 is 14.7. The number of hydrogen-bond acceptors (Lipinski definition) is 4. The van der Waals surface area contributed by atoms with Crippen molar-refractivity contribution in [2.24, 2.45) is 13.0 Å². The lowest BCUT2D eigenvalue weighted by Crippen LogP contribution is -2.39. The highest BCUT2D eigenvalue weighted by Gasteiger charge is 2.26. The summed E-state index contributed by atoms with van der Waals surface area (Å²) in [7, 11) is 1.79. The minimum atomic E-state index is -0.353. The van der Waals surface area contributed by atoms with Crippen LogP contribution in [-0.4, -0.2) is 44.6 Å². The van der Waals surface area contributed by atoms with Crippen molar-refractivity contribution < 1.29 is 14.0 Å². The molecule has 3 heterocycles. The fraction of sp³-hybridized carbons (Fsp3) is 0.304. The van der Waals surface area contributed by atoms with Gasteiger partial charge in [0.25, 0.3) is 11.8 Å². The van der Waals surface area contributed by atoms with E-state index >= 15 is 0 Å². The number of aromatic nitrogens is 3. The van der Waals surface area contributed by atoms with Gasteiger partial charge in [-0.25, -0.2) is 4.39 Å². The highest BCUT2D eigenvalue weighted by atomic mass is 19.1. The largest absolute Gasteiger partial charge is 0.339 e. The number of amides is 2. The zero-order chi connectivity index (χ0) is 21.8. The van der Waals surface area contributed by atoms with Crippen LogP contribution in [0.4, 0.5) is 10.1 Å². The third kappa shape index (κ3) is 4.96. The number of benzene rings is 1. The van der Waals surface area contributed by atoms with Gasteiger partial charge in [-0.2, -0.15) is 5.10 Å². The first-order chi connectivity index (χ1) is 15.0. The average molecular weight is 421 g/mol. The third-order valence-corrected chi connectivity index (χ3v) is 5.54. The fourth-order valence-electron chi connectivity index (χ4n) is 3.89. The molecule has 0 bridgehead atoms. The summed E-state index contributed by atoms with van der Waals surface area (Å²) >= 11 is 0. The highest BCUT2D eigenvalue weighted by molar-refractivity contribution is 6.04. The number of hydrogen-bond donors (Lipinski definition) is 1. The number of nitrogens with zero attached hydrogens (tertiary/aromatic N) is 4. The molecule has 2 aromatic heterocycles. The molecule has 0 saturated carbocycles. The molecule has 0 atom stereocenters. The predicted molar refractivity (Wildman–Crippen MR) is 114 cm³/mol. The van der Waals surface area contributed by atoms with E-state index in [4.69, 9.17) is 0 Å². The molecule has 2 amide bonds. The molecule has 1 N–H and O–H groups in total. The smallest absolute Gasteiger partial charge is 0.259 e. The van der Waals surface area contributed by atoms with E-state index in [1.54, 1.807) is 42.5 Å². The Hall–Kier alpha value is -3.55. The molecule has 1 aromatic carbocycles. The molecular formula is C23H24FN5O2. The number of aryl methyl sites for hydroxylation is 1. The van der Waals surface area contributed by atoms with Gasteiger partial charge in [-0.15, -0.1) is 0 Å². The van der Waals surface area contributed by atoms with E-state index in [0.717, 1.165) is 18.5 Å². The molecule has 1 fully saturated rings. The maximum atomic E-state index is 13.1. The lowest BCUT2D eigenvalue weighted by molar-refractivity contribution is 0.0689. The summed E-state index contributed by atoms with van der Waals surface area (Å²) in [6.45, 7) is 1.34. The molecule has 0 aliphatic carbocycles. The summed E-state index contributed by atoms with van der Waals surface area (Å²) in [6.07, 6.45) is 7.31. The van der Waals surface area contributed by atoms with Crippen LogP contribution < -0.4 is 5.32 Å². The number of pyridine rings is 1. The minimum absolute atomic E-state index is 0.00347. The molecule has 8 heteroatoms. The molecule has 31 heavy (non-hydrogen) atoms. The molecule has 4 rings (SSSR count). The number of likely N-dealkylation sites (tertiary alicyclic amines) is 1. The van der Waals surface area contributed by atoms with Crippen molar-refractivity contribution >= 4 is 17.5 Å². The quantitative estimate of drug-likeness (QED) is 0.686. The predicted octanol–water partition coefficient (Wildman–Crippen LogP) is 3.30. The van der Waals surface area contributed by atoms with Crippen LogP contribution in [0.2, 0.25) is 0 Å². The number of rotatable bonds is 5.